The predicted molar refractivity (Wildman–Crippen MR) is 186 cm³/mol. The minimum Gasteiger partial charge on any atom is -0.469 e. The van der Waals surface area contributed by atoms with Crippen molar-refractivity contribution >= 4 is 11.9 Å². The molecule has 6 heteroatoms. The number of azo groups is 1. The van der Waals surface area contributed by atoms with Gasteiger partial charge in [0.05, 0.1) is 37.1 Å². The predicted octanol–water partition coefficient (Wildman–Crippen LogP) is 11.4. The van der Waals surface area contributed by atoms with Crippen LogP contribution in [0.15, 0.2) is 10.2 Å². The van der Waals surface area contributed by atoms with Crippen LogP contribution in [0.25, 0.3) is 0 Å². The molecule has 0 aliphatic carbocycles. The summed E-state index contributed by atoms with van der Waals surface area (Å²) in [5, 5.41) is 9.81. The number of ether oxygens (including phenoxy) is 2. The lowest BCUT2D eigenvalue weighted by Gasteiger charge is -2.36. The summed E-state index contributed by atoms with van der Waals surface area (Å²) in [7, 11) is 3.00. The highest BCUT2D eigenvalue weighted by atomic mass is 16.5. The van der Waals surface area contributed by atoms with Gasteiger partial charge in [-0.25, -0.2) is 0 Å². The van der Waals surface area contributed by atoms with E-state index < -0.39 is 10.8 Å². The summed E-state index contributed by atoms with van der Waals surface area (Å²) in [4.78, 5) is 27.2. The molecule has 0 aromatic heterocycles. The lowest BCUT2D eigenvalue weighted by Crippen LogP contribution is -2.43. The topological polar surface area (TPSA) is 77.3 Å². The van der Waals surface area contributed by atoms with Crippen molar-refractivity contribution in [1.29, 1.82) is 0 Å². The number of nitrogens with zero attached hydrogens (tertiary/aromatic N) is 2. The van der Waals surface area contributed by atoms with Crippen molar-refractivity contribution in [2.45, 2.75) is 184 Å². The van der Waals surface area contributed by atoms with Crippen molar-refractivity contribution in [3.63, 3.8) is 0 Å². The summed E-state index contributed by atoms with van der Waals surface area (Å²) >= 11 is 0. The van der Waals surface area contributed by atoms with Crippen LogP contribution in [0.1, 0.15) is 172 Å². The van der Waals surface area contributed by atoms with Crippen LogP contribution in [-0.4, -0.2) is 38.2 Å². The van der Waals surface area contributed by atoms with Gasteiger partial charge in [-0.15, -0.1) is 0 Å². The molecule has 2 atom stereocenters. The normalized spacial score (nSPS) is 14.3. The van der Waals surface area contributed by atoms with Crippen molar-refractivity contribution in [3.8, 4) is 0 Å². The van der Waals surface area contributed by atoms with E-state index in [1.54, 1.807) is 0 Å². The molecule has 0 aliphatic rings. The molecule has 0 bridgehead atoms. The van der Waals surface area contributed by atoms with Crippen LogP contribution < -0.4 is 0 Å². The van der Waals surface area contributed by atoms with Gasteiger partial charge < -0.3 is 9.47 Å². The van der Waals surface area contributed by atoms with E-state index in [9.17, 15) is 9.59 Å². The van der Waals surface area contributed by atoms with Crippen molar-refractivity contribution in [1.82, 2.24) is 0 Å². The maximum atomic E-state index is 13.6. The van der Waals surface area contributed by atoms with Crippen LogP contribution in [0.3, 0.4) is 0 Å². The quantitative estimate of drug-likeness (QED) is 0.0546. The van der Waals surface area contributed by atoms with E-state index in [1.165, 1.54) is 14.2 Å². The molecule has 0 spiro atoms. The largest absolute Gasteiger partial charge is 0.469 e. The zero-order valence-corrected chi connectivity index (χ0v) is 31.3. The van der Waals surface area contributed by atoms with Crippen LogP contribution in [0, 0.1) is 34.5 Å². The summed E-state index contributed by atoms with van der Waals surface area (Å²) < 4.78 is 11.0. The third-order valence-electron chi connectivity index (χ3n) is 9.81. The zero-order chi connectivity index (χ0) is 33.8. The highest BCUT2D eigenvalue weighted by Gasteiger charge is 2.46. The molecule has 0 radical (unpaired) electrons. The van der Waals surface area contributed by atoms with Crippen LogP contribution in [-0.2, 0) is 19.1 Å². The molecule has 0 rings (SSSR count). The second kappa shape index (κ2) is 23.0. The van der Waals surface area contributed by atoms with Gasteiger partial charge in [0.25, 0.3) is 0 Å². The Bertz CT molecular complexity index is 694. The minimum atomic E-state index is -0.714. The Hall–Kier alpha value is -1.46. The molecular weight excluding hydrogens is 548 g/mol. The summed E-state index contributed by atoms with van der Waals surface area (Å²) in [6.45, 7) is 22.0. The number of hydrogen-bond donors (Lipinski definition) is 0. The van der Waals surface area contributed by atoms with Crippen molar-refractivity contribution in [3.05, 3.63) is 0 Å². The third-order valence-corrected chi connectivity index (χ3v) is 9.81. The van der Waals surface area contributed by atoms with Gasteiger partial charge >= 0.3 is 11.9 Å². The van der Waals surface area contributed by atoms with Crippen LogP contribution in [0.4, 0.5) is 0 Å². The molecule has 0 aromatic rings. The Balaban J connectivity index is 6.32. The average molecular weight is 623 g/mol. The van der Waals surface area contributed by atoms with E-state index in [2.05, 4.69) is 55.4 Å². The van der Waals surface area contributed by atoms with Gasteiger partial charge in [0.15, 0.2) is 0 Å². The first-order valence-corrected chi connectivity index (χ1v) is 18.2. The maximum Gasteiger partial charge on any atom is 0.314 e. The minimum absolute atomic E-state index is 0.174. The molecule has 2 unspecified atom stereocenters. The van der Waals surface area contributed by atoms with Crippen LogP contribution in [0.2, 0.25) is 0 Å². The fourth-order valence-electron chi connectivity index (χ4n) is 6.63. The highest BCUT2D eigenvalue weighted by Crippen LogP contribution is 2.42. The van der Waals surface area contributed by atoms with Crippen LogP contribution in [0.5, 0.6) is 0 Å². The van der Waals surface area contributed by atoms with E-state index in [-0.39, 0.29) is 24.0 Å². The fraction of sp³-hybridized carbons (Fsp3) is 0.947. The lowest BCUT2D eigenvalue weighted by molar-refractivity contribution is -0.157. The molecule has 260 valence electrons. The molecule has 0 N–H and O–H groups in total. The first-order valence-electron chi connectivity index (χ1n) is 18.2. The molecule has 0 heterocycles. The summed E-state index contributed by atoms with van der Waals surface area (Å²) in [6, 6.07) is -0.680. The van der Waals surface area contributed by atoms with Gasteiger partial charge in [-0.2, -0.15) is 10.2 Å². The Kier molecular flexibility index (Phi) is 22.2. The summed E-state index contributed by atoms with van der Waals surface area (Å²) in [5.74, 6) is 2.20. The maximum absolute atomic E-state index is 13.6. The number of esters is 2. The van der Waals surface area contributed by atoms with Crippen molar-refractivity contribution in [2.75, 3.05) is 14.2 Å². The average Bonchev–Trinajstić information content (AvgIpc) is 2.96. The van der Waals surface area contributed by atoms with Gasteiger partial charge in [-0.05, 0) is 63.2 Å². The Morgan fingerprint density at radius 2 is 0.682 bits per heavy atom. The molecule has 0 saturated heterocycles. The Morgan fingerprint density at radius 3 is 0.864 bits per heavy atom. The summed E-state index contributed by atoms with van der Waals surface area (Å²) in [6.07, 6.45) is 15.8. The van der Waals surface area contributed by atoms with Gasteiger partial charge in [0, 0.05) is 0 Å². The zero-order valence-electron chi connectivity index (χ0n) is 31.3. The lowest BCUT2D eigenvalue weighted by atomic mass is 9.72. The number of carbonyl (C=O) groups is 2. The highest BCUT2D eigenvalue weighted by molar-refractivity contribution is 5.78. The van der Waals surface area contributed by atoms with E-state index in [1.807, 2.05) is 13.8 Å². The van der Waals surface area contributed by atoms with E-state index in [0.29, 0.717) is 23.7 Å². The molecule has 0 saturated carbocycles. The first kappa shape index (κ1) is 42.5. The fourth-order valence-corrected chi connectivity index (χ4v) is 6.63. The SMILES string of the molecule is COC(=O)C(CCCCC(C)C)(CCCCC(C)C)C(C)N=NC(C)C(CCCCC(C)C)(CCCCC(C)C)C(=O)OC. The van der Waals surface area contributed by atoms with E-state index in [4.69, 9.17) is 19.7 Å². The van der Waals surface area contributed by atoms with Gasteiger partial charge in [-0.3, -0.25) is 9.59 Å². The number of hydrogen-bond acceptors (Lipinski definition) is 6. The van der Waals surface area contributed by atoms with E-state index >= 15 is 0 Å². The first-order chi connectivity index (χ1) is 20.7. The molecule has 0 aromatic carbocycles. The standard InChI is InChI=1S/C38H74N2O4/c1-29(2)21-13-17-25-37(35(41)43-11,26-18-14-22-30(3)4)33(9)39-40-34(10)38(36(42)44-12,27-19-15-23-31(5)6)28-20-16-24-32(7)8/h29-34H,13-28H2,1-12H3. The smallest absolute Gasteiger partial charge is 0.314 e. The second-order valence-electron chi connectivity index (χ2n) is 15.4. The molecule has 0 amide bonds. The van der Waals surface area contributed by atoms with Gasteiger partial charge in [0.2, 0.25) is 0 Å². The Morgan fingerprint density at radius 1 is 0.455 bits per heavy atom. The number of unbranched alkanes of at least 4 members (excludes halogenated alkanes) is 4. The number of rotatable bonds is 26. The number of carbonyl (C=O) groups excluding carboxylic acids is 2. The summed E-state index contributed by atoms with van der Waals surface area (Å²) in [5.41, 5.74) is -1.43. The van der Waals surface area contributed by atoms with E-state index in [0.717, 1.165) is 103 Å². The molecular formula is C38H74N2O4. The van der Waals surface area contributed by atoms with Crippen molar-refractivity contribution in [2.24, 2.45) is 44.7 Å². The monoisotopic (exact) mass is 623 g/mol. The number of methoxy groups -OCH3 is 2. The van der Waals surface area contributed by atoms with Crippen LogP contribution >= 0.6 is 0 Å². The molecule has 0 fully saturated rings. The Labute approximate surface area is 273 Å². The third kappa shape index (κ3) is 15.7. The molecule has 6 nitrogen and oxygen atoms in total. The second-order valence-corrected chi connectivity index (χ2v) is 15.4. The molecule has 44 heavy (non-hydrogen) atoms. The molecule has 0 aliphatic heterocycles. The van der Waals surface area contributed by atoms with Crippen molar-refractivity contribution < 1.29 is 19.1 Å². The van der Waals surface area contributed by atoms with Gasteiger partial charge in [0.1, 0.15) is 0 Å². The van der Waals surface area contributed by atoms with Gasteiger partial charge in [-0.1, -0.05) is 132 Å².